The van der Waals surface area contributed by atoms with Crippen LogP contribution in [0, 0.1) is 0 Å². The lowest BCUT2D eigenvalue weighted by Gasteiger charge is -2.36. The molecule has 0 N–H and O–H groups in total. The maximum absolute atomic E-state index is 6.40. The zero-order valence-electron chi connectivity index (χ0n) is 25.8. The van der Waals surface area contributed by atoms with Crippen molar-refractivity contribution in [2.75, 3.05) is 20.0 Å². The molecule has 4 nitrogen and oxygen atoms in total. The lowest BCUT2D eigenvalue weighted by molar-refractivity contribution is 0.167. The summed E-state index contributed by atoms with van der Waals surface area (Å²) in [5, 5.41) is 0. The molecule has 49 heavy (non-hydrogen) atoms. The Morgan fingerprint density at radius 2 is 0.959 bits per heavy atom. The van der Waals surface area contributed by atoms with Crippen molar-refractivity contribution in [1.82, 2.24) is 0 Å². The van der Waals surface area contributed by atoms with Crippen LogP contribution >= 0.6 is 47.0 Å². The van der Waals surface area contributed by atoms with E-state index in [0.717, 1.165) is 23.0 Å². The van der Waals surface area contributed by atoms with E-state index in [1.54, 1.807) is 0 Å². The van der Waals surface area contributed by atoms with Crippen LogP contribution in [-0.2, 0) is 0 Å². The van der Waals surface area contributed by atoms with E-state index in [9.17, 15) is 0 Å². The van der Waals surface area contributed by atoms with Crippen molar-refractivity contribution >= 4 is 93.2 Å². The highest BCUT2D eigenvalue weighted by Gasteiger charge is 2.44. The minimum atomic E-state index is 0.114. The van der Waals surface area contributed by atoms with Gasteiger partial charge in [0, 0.05) is 29.4 Å². The van der Waals surface area contributed by atoms with Gasteiger partial charge in [-0.05, 0) is 46.3 Å². The summed E-state index contributed by atoms with van der Waals surface area (Å²) in [4.78, 5) is 10.1. The molecule has 6 aromatic rings. The van der Waals surface area contributed by atoms with Crippen molar-refractivity contribution in [3.05, 3.63) is 97.1 Å². The van der Waals surface area contributed by atoms with Crippen LogP contribution in [0.3, 0.4) is 0 Å². The summed E-state index contributed by atoms with van der Waals surface area (Å²) >= 11 is 7.39. The first-order valence-electron chi connectivity index (χ1n) is 16.4. The van der Waals surface area contributed by atoms with Crippen LogP contribution in [0.25, 0.3) is 11.1 Å². The predicted octanol–water partition coefficient (Wildman–Crippen LogP) is 5.74. The molecule has 0 spiro atoms. The van der Waals surface area contributed by atoms with Gasteiger partial charge in [-0.2, -0.15) is 0 Å². The fourth-order valence-corrected chi connectivity index (χ4v) is 13.6. The summed E-state index contributed by atoms with van der Waals surface area (Å²) in [5.41, 5.74) is 10.6. The Balaban J connectivity index is 1.10. The van der Waals surface area contributed by atoms with Gasteiger partial charge >= 0.3 is 0 Å². The monoisotopic (exact) mass is 704 g/mol. The smallest absolute Gasteiger partial charge is 0.247 e. The second-order valence-electron chi connectivity index (χ2n) is 12.8. The molecule has 0 bridgehead atoms. The van der Waals surface area contributed by atoms with Crippen LogP contribution in [-0.4, -0.2) is 33.4 Å². The predicted molar refractivity (Wildman–Crippen MR) is 201 cm³/mol. The minimum Gasteiger partial charge on any atom is -0.486 e. The Kier molecular flexibility index (Phi) is 5.85. The van der Waals surface area contributed by atoms with Crippen molar-refractivity contribution in [3.8, 4) is 34.1 Å². The quantitative estimate of drug-likeness (QED) is 0.201. The van der Waals surface area contributed by atoms with Crippen LogP contribution in [0.4, 0.5) is 0 Å². The maximum Gasteiger partial charge on any atom is 0.247 e. The zero-order chi connectivity index (χ0) is 31.8. The highest BCUT2D eigenvalue weighted by molar-refractivity contribution is 8.02. The molecule has 0 radical (unpaired) electrons. The van der Waals surface area contributed by atoms with E-state index in [1.807, 2.05) is 47.0 Å². The number of hydrogen-bond acceptors (Lipinski definition) is 8. The van der Waals surface area contributed by atoms with Gasteiger partial charge in [0.05, 0.1) is 9.79 Å². The van der Waals surface area contributed by atoms with Crippen molar-refractivity contribution in [1.29, 1.82) is 0 Å². The molecule has 12 rings (SSSR count). The van der Waals surface area contributed by atoms with Gasteiger partial charge in [-0.25, -0.2) is 0 Å². The third-order valence-corrected chi connectivity index (χ3v) is 15.1. The highest BCUT2D eigenvalue weighted by atomic mass is 32.2. The molecule has 6 aliphatic rings. The van der Waals surface area contributed by atoms with E-state index in [1.165, 1.54) is 83.1 Å². The van der Waals surface area contributed by atoms with Crippen molar-refractivity contribution < 1.29 is 18.9 Å². The van der Waals surface area contributed by atoms with Crippen LogP contribution in [0.5, 0.6) is 23.0 Å². The van der Waals surface area contributed by atoms with Gasteiger partial charge in [0.15, 0.2) is 23.0 Å². The van der Waals surface area contributed by atoms with Gasteiger partial charge in [0.25, 0.3) is 0 Å². The normalized spacial score (nSPS) is 16.2. The largest absolute Gasteiger partial charge is 0.486 e. The lowest BCUT2D eigenvalue weighted by atomic mass is 9.36. The van der Waals surface area contributed by atoms with E-state index in [0.29, 0.717) is 13.2 Å². The van der Waals surface area contributed by atoms with Crippen molar-refractivity contribution in [2.45, 2.75) is 39.2 Å². The third-order valence-electron chi connectivity index (χ3n) is 10.3. The average Bonchev–Trinajstić information content (AvgIpc) is 3.63. The number of rotatable bonds is 1. The third kappa shape index (κ3) is 3.81. The van der Waals surface area contributed by atoms with Gasteiger partial charge in [0.2, 0.25) is 20.2 Å². The molecule has 10 heteroatoms. The van der Waals surface area contributed by atoms with E-state index in [4.69, 9.17) is 18.9 Å². The fourth-order valence-electron chi connectivity index (χ4n) is 8.31. The molecule has 0 aromatic heterocycles. The van der Waals surface area contributed by atoms with Crippen LogP contribution in [0.1, 0.15) is 0 Å². The molecule has 0 amide bonds. The Bertz CT molecular complexity index is 2490. The van der Waals surface area contributed by atoms with E-state index >= 15 is 0 Å². The topological polar surface area (TPSA) is 36.9 Å². The summed E-state index contributed by atoms with van der Waals surface area (Å²) in [5.74, 6) is 3.47. The van der Waals surface area contributed by atoms with Crippen LogP contribution < -0.4 is 51.7 Å². The summed E-state index contributed by atoms with van der Waals surface area (Å²) in [7, 11) is 0. The van der Waals surface area contributed by atoms with E-state index < -0.39 is 0 Å². The van der Waals surface area contributed by atoms with Gasteiger partial charge < -0.3 is 18.9 Å². The van der Waals surface area contributed by atoms with Crippen LogP contribution in [0.15, 0.2) is 136 Å². The van der Waals surface area contributed by atoms with Gasteiger partial charge in [-0.3, -0.25) is 0 Å². The molecule has 0 unspecified atom stereocenters. The molecule has 0 saturated heterocycles. The number of fused-ring (bicyclic) bond motifs is 12. The molecule has 0 fully saturated rings. The van der Waals surface area contributed by atoms with Crippen molar-refractivity contribution in [3.63, 3.8) is 0 Å². The van der Waals surface area contributed by atoms with Gasteiger partial charge in [-0.15, -0.1) is 0 Å². The maximum atomic E-state index is 6.40. The first kappa shape index (κ1) is 27.8. The number of hydrogen-bond donors (Lipinski definition) is 0. The summed E-state index contributed by atoms with van der Waals surface area (Å²) in [6.07, 6.45) is 0. The SMILES string of the molecule is c1ccc2c(c1)Sc1c3c(cc4c1B2c1cccc(-c2cccc5c2Sc2c6c(cc7c2B5c2ccccc2S7)OCCO6)c1S4)OCO3. The minimum absolute atomic E-state index is 0.114. The average molecular weight is 704 g/mol. The molecule has 6 aliphatic heterocycles. The van der Waals surface area contributed by atoms with E-state index in [-0.39, 0.29) is 20.2 Å². The molecule has 0 aliphatic carbocycles. The van der Waals surface area contributed by atoms with E-state index in [2.05, 4.69) is 97.1 Å². The van der Waals surface area contributed by atoms with Crippen molar-refractivity contribution in [2.24, 2.45) is 0 Å². The summed E-state index contributed by atoms with van der Waals surface area (Å²) in [6, 6.07) is 36.0. The molecule has 0 atom stereocenters. The Morgan fingerprint density at radius 3 is 1.69 bits per heavy atom. The first-order chi connectivity index (χ1) is 24.3. The standard InChI is InChI=1S/C39H22B2O4S4/c1-3-13-28-22(9-1)40-25-12-6-8-21(37(25)49-39-32(40)30(46-28)17-26-34(39)43-16-15-42-26)20-7-5-11-24-36(20)48-31-18-27-35(45-19-44-27)38-33(31)41(24)23-10-2-4-14-29(23)47-38/h1-14,17-18H,15-16,19H2. The molecule has 232 valence electrons. The lowest BCUT2D eigenvalue weighted by Crippen LogP contribution is -2.58. The van der Waals surface area contributed by atoms with Crippen LogP contribution in [0.2, 0.25) is 0 Å². The summed E-state index contributed by atoms with van der Waals surface area (Å²) in [6.45, 7) is 1.63. The van der Waals surface area contributed by atoms with Gasteiger partial charge in [0.1, 0.15) is 13.2 Å². The zero-order valence-corrected chi connectivity index (χ0v) is 29.0. The molecular formula is C39H22B2O4S4. The molecule has 0 saturated carbocycles. The second-order valence-corrected chi connectivity index (χ2v) is 17.0. The molecule has 6 aromatic carbocycles. The molecule has 6 heterocycles. The second kappa shape index (κ2) is 10.3. The number of ether oxygens (including phenoxy) is 4. The Morgan fingerprint density at radius 1 is 0.429 bits per heavy atom. The number of benzene rings is 6. The first-order valence-corrected chi connectivity index (χ1v) is 19.6. The fraction of sp³-hybridized carbons (Fsp3) is 0.0769. The highest BCUT2D eigenvalue weighted by Crippen LogP contribution is 2.53. The summed E-state index contributed by atoms with van der Waals surface area (Å²) < 4.78 is 24.7. The Labute approximate surface area is 300 Å². The molecular weight excluding hydrogens is 682 g/mol. The Hall–Kier alpha value is -3.95. The van der Waals surface area contributed by atoms with Gasteiger partial charge in [-0.1, -0.05) is 142 Å².